The van der Waals surface area contributed by atoms with E-state index in [9.17, 15) is 0 Å². The number of pyridine rings is 1. The van der Waals surface area contributed by atoms with E-state index >= 15 is 4.39 Å². The number of imidazole rings is 1. The van der Waals surface area contributed by atoms with Crippen LogP contribution in [0.15, 0.2) is 42.9 Å². The van der Waals surface area contributed by atoms with Crippen molar-refractivity contribution in [3.8, 4) is 23.0 Å². The van der Waals surface area contributed by atoms with Gasteiger partial charge in [0.1, 0.15) is 35.9 Å². The summed E-state index contributed by atoms with van der Waals surface area (Å²) in [4.78, 5) is 20.4. The average molecular weight is 538 g/mol. The van der Waals surface area contributed by atoms with Gasteiger partial charge in [0.2, 0.25) is 5.88 Å². The molecule has 0 bridgehead atoms. The number of rotatable bonds is 9. The Morgan fingerprint density at radius 3 is 2.71 bits per heavy atom. The molecule has 1 aromatic carbocycles. The van der Waals surface area contributed by atoms with Gasteiger partial charge in [-0.25, -0.2) is 14.4 Å². The van der Waals surface area contributed by atoms with Gasteiger partial charge in [-0.2, -0.15) is 4.98 Å². The van der Waals surface area contributed by atoms with Crippen LogP contribution in [-0.2, 0) is 6.54 Å². The van der Waals surface area contributed by atoms with E-state index in [1.54, 1.807) is 30.5 Å². The van der Waals surface area contributed by atoms with Gasteiger partial charge < -0.3 is 19.4 Å². The highest BCUT2D eigenvalue weighted by molar-refractivity contribution is 6.30. The molecule has 9 nitrogen and oxygen atoms in total. The number of fused-ring (bicyclic) bond motifs is 1. The summed E-state index contributed by atoms with van der Waals surface area (Å²) in [5.41, 5.74) is 1.78. The minimum atomic E-state index is -0.440. The maximum absolute atomic E-state index is 15.6. The molecule has 3 aromatic heterocycles. The lowest BCUT2D eigenvalue weighted by molar-refractivity contribution is 0.191. The van der Waals surface area contributed by atoms with E-state index < -0.39 is 5.82 Å². The Morgan fingerprint density at radius 2 is 1.95 bits per heavy atom. The molecular formula is C27H29ClFN7O2. The van der Waals surface area contributed by atoms with Gasteiger partial charge in [-0.3, -0.25) is 9.88 Å². The van der Waals surface area contributed by atoms with Crippen LogP contribution in [0.5, 0.6) is 11.6 Å². The average Bonchev–Trinajstić information content (AvgIpc) is 3.53. The van der Waals surface area contributed by atoms with Crippen LogP contribution in [0.1, 0.15) is 25.5 Å². The summed E-state index contributed by atoms with van der Waals surface area (Å²) >= 11 is 6.21. The fraction of sp³-hybridized carbons (Fsp3) is 0.407. The second-order valence-corrected chi connectivity index (χ2v) is 10.4. The summed E-state index contributed by atoms with van der Waals surface area (Å²) in [6.45, 7) is 7.56. The van der Waals surface area contributed by atoms with Gasteiger partial charge in [0, 0.05) is 50.0 Å². The molecule has 0 amide bonds. The molecule has 1 aliphatic carbocycles. The second kappa shape index (κ2) is 10.4. The molecule has 4 heterocycles. The van der Waals surface area contributed by atoms with E-state index in [1.807, 2.05) is 11.5 Å². The topological polar surface area (TPSA) is 90.2 Å². The van der Waals surface area contributed by atoms with Gasteiger partial charge >= 0.3 is 0 Å². The quantitative estimate of drug-likeness (QED) is 0.343. The normalized spacial score (nSPS) is 17.0. The van der Waals surface area contributed by atoms with Gasteiger partial charge in [0.25, 0.3) is 0 Å². The third-order valence-corrected chi connectivity index (χ3v) is 7.20. The van der Waals surface area contributed by atoms with Crippen molar-refractivity contribution >= 4 is 22.8 Å². The Labute approximate surface area is 225 Å². The van der Waals surface area contributed by atoms with Crippen LogP contribution in [0.4, 0.5) is 4.39 Å². The molecule has 0 unspecified atom stereocenters. The Bertz CT molecular complexity index is 1450. The maximum atomic E-state index is 15.6. The number of hydrogen-bond acceptors (Lipinski definition) is 8. The van der Waals surface area contributed by atoms with Crippen LogP contribution in [0.2, 0.25) is 5.02 Å². The number of halogens is 2. The van der Waals surface area contributed by atoms with Crippen molar-refractivity contribution in [2.45, 2.75) is 31.9 Å². The smallest absolute Gasteiger partial charge is 0.245 e. The molecule has 1 saturated heterocycles. The van der Waals surface area contributed by atoms with Crippen molar-refractivity contribution in [1.82, 2.24) is 34.7 Å². The molecule has 198 valence electrons. The Balaban J connectivity index is 1.32. The van der Waals surface area contributed by atoms with Crippen molar-refractivity contribution in [3.05, 3.63) is 59.4 Å². The first-order valence-electron chi connectivity index (χ1n) is 12.8. The van der Waals surface area contributed by atoms with Crippen LogP contribution in [0, 0.1) is 5.82 Å². The minimum absolute atomic E-state index is 0.255. The SMILES string of the molecule is CC1(Oc2ncnc3c2nc(-c2ccc(OCCN4CCNCC4)cc2F)n3Cc2cc(Cl)ccn2)CC1. The first-order chi connectivity index (χ1) is 18.5. The number of piperazine rings is 1. The lowest BCUT2D eigenvalue weighted by Gasteiger charge is -2.26. The Morgan fingerprint density at radius 1 is 1.11 bits per heavy atom. The van der Waals surface area contributed by atoms with E-state index in [1.165, 1.54) is 12.4 Å². The molecule has 1 saturated carbocycles. The van der Waals surface area contributed by atoms with E-state index in [4.69, 9.17) is 26.1 Å². The fourth-order valence-electron chi connectivity index (χ4n) is 4.55. The van der Waals surface area contributed by atoms with Gasteiger partial charge in [0.15, 0.2) is 11.2 Å². The maximum Gasteiger partial charge on any atom is 0.245 e. The molecule has 1 N–H and O–H groups in total. The molecule has 11 heteroatoms. The van der Waals surface area contributed by atoms with E-state index in [0.29, 0.717) is 58.0 Å². The zero-order valence-electron chi connectivity index (χ0n) is 21.2. The summed E-state index contributed by atoms with van der Waals surface area (Å²) in [7, 11) is 0. The predicted octanol–water partition coefficient (Wildman–Crippen LogP) is 3.94. The molecule has 1 aliphatic heterocycles. The van der Waals surface area contributed by atoms with Crippen LogP contribution in [0.3, 0.4) is 0 Å². The van der Waals surface area contributed by atoms with Crippen molar-refractivity contribution in [2.24, 2.45) is 0 Å². The Kier molecular flexibility index (Phi) is 6.86. The number of ether oxygens (including phenoxy) is 2. The molecule has 0 atom stereocenters. The number of aromatic nitrogens is 5. The Hall–Kier alpha value is -3.34. The molecule has 2 fully saturated rings. The molecule has 0 radical (unpaired) electrons. The van der Waals surface area contributed by atoms with Crippen LogP contribution in [-0.4, -0.2) is 74.3 Å². The number of hydrogen-bond donors (Lipinski definition) is 1. The summed E-state index contributed by atoms with van der Waals surface area (Å²) in [5.74, 6) is 0.830. The molecule has 6 rings (SSSR count). The third kappa shape index (κ3) is 5.43. The van der Waals surface area contributed by atoms with Crippen molar-refractivity contribution in [1.29, 1.82) is 0 Å². The molecule has 2 aliphatic rings. The van der Waals surface area contributed by atoms with E-state index in [-0.39, 0.29) is 5.60 Å². The lowest BCUT2D eigenvalue weighted by atomic mass is 10.2. The molecule has 38 heavy (non-hydrogen) atoms. The number of benzene rings is 1. The van der Waals surface area contributed by atoms with Gasteiger partial charge in [-0.05, 0) is 44.0 Å². The fourth-order valence-corrected chi connectivity index (χ4v) is 4.73. The standard InChI is InChI=1S/C27H29ClFN7O2/c1-27(5-6-27)38-26-23-25(32-17-33-26)36(16-19-14-18(28)4-7-31-19)24(34-23)21-3-2-20(15-22(21)29)37-13-12-35-10-8-30-9-11-35/h2-4,7,14-15,17,30H,5-6,8-13,16H2,1H3. The highest BCUT2D eigenvalue weighted by Crippen LogP contribution is 2.41. The van der Waals surface area contributed by atoms with Crippen molar-refractivity contribution in [2.75, 3.05) is 39.3 Å². The lowest BCUT2D eigenvalue weighted by Crippen LogP contribution is -2.44. The molecule has 4 aromatic rings. The highest BCUT2D eigenvalue weighted by atomic mass is 35.5. The van der Waals surface area contributed by atoms with Crippen molar-refractivity contribution in [3.63, 3.8) is 0 Å². The first kappa shape index (κ1) is 25.0. The van der Waals surface area contributed by atoms with Gasteiger partial charge in [-0.1, -0.05) is 11.6 Å². The van der Waals surface area contributed by atoms with Gasteiger partial charge in [0.05, 0.1) is 17.8 Å². The van der Waals surface area contributed by atoms with E-state index in [2.05, 4.69) is 25.2 Å². The van der Waals surface area contributed by atoms with Crippen LogP contribution in [0.25, 0.3) is 22.6 Å². The monoisotopic (exact) mass is 537 g/mol. The number of nitrogens with one attached hydrogen (secondary N) is 1. The van der Waals surface area contributed by atoms with Crippen LogP contribution < -0.4 is 14.8 Å². The van der Waals surface area contributed by atoms with Gasteiger partial charge in [-0.15, -0.1) is 0 Å². The summed E-state index contributed by atoms with van der Waals surface area (Å²) < 4.78 is 29.4. The first-order valence-corrected chi connectivity index (χ1v) is 13.2. The largest absolute Gasteiger partial charge is 0.492 e. The van der Waals surface area contributed by atoms with Crippen LogP contribution >= 0.6 is 11.6 Å². The van der Waals surface area contributed by atoms with E-state index in [0.717, 1.165) is 45.6 Å². The highest BCUT2D eigenvalue weighted by Gasteiger charge is 2.41. The zero-order chi connectivity index (χ0) is 26.1. The molecule has 0 spiro atoms. The van der Waals surface area contributed by atoms with Crippen molar-refractivity contribution < 1.29 is 13.9 Å². The summed E-state index contributed by atoms with van der Waals surface area (Å²) in [6.07, 6.45) is 4.98. The minimum Gasteiger partial charge on any atom is -0.492 e. The third-order valence-electron chi connectivity index (χ3n) is 6.96. The summed E-state index contributed by atoms with van der Waals surface area (Å²) in [5, 5.41) is 3.90. The zero-order valence-corrected chi connectivity index (χ0v) is 21.9. The second-order valence-electron chi connectivity index (χ2n) is 9.97. The predicted molar refractivity (Wildman–Crippen MR) is 142 cm³/mol. The summed E-state index contributed by atoms with van der Waals surface area (Å²) in [6, 6.07) is 8.35. The molecular weight excluding hydrogens is 509 g/mol. The number of nitrogens with zero attached hydrogens (tertiary/aromatic N) is 6.